The lowest BCUT2D eigenvalue weighted by Gasteiger charge is -2.22. The van der Waals surface area contributed by atoms with Crippen LogP contribution in [0.3, 0.4) is 0 Å². The molecule has 0 aromatic heterocycles. The quantitative estimate of drug-likeness (QED) is 0.353. The summed E-state index contributed by atoms with van der Waals surface area (Å²) >= 11 is 0. The van der Waals surface area contributed by atoms with Crippen molar-refractivity contribution in [3.05, 3.63) is 23.8 Å². The van der Waals surface area contributed by atoms with Gasteiger partial charge in [0.1, 0.15) is 11.6 Å². The lowest BCUT2D eigenvalue weighted by Crippen LogP contribution is -2.47. The number of benzene rings is 1. The fourth-order valence-corrected chi connectivity index (χ4v) is 2.23. The Morgan fingerprint density at radius 1 is 0.968 bits per heavy atom. The number of hydrogen-bond acceptors (Lipinski definition) is 9. The molecule has 11 heteroatoms. The van der Waals surface area contributed by atoms with Gasteiger partial charge in [-0.1, -0.05) is 6.07 Å². The van der Waals surface area contributed by atoms with Crippen molar-refractivity contribution in [3.63, 3.8) is 0 Å². The van der Waals surface area contributed by atoms with Crippen molar-refractivity contribution in [2.75, 3.05) is 13.2 Å². The van der Waals surface area contributed by atoms with E-state index in [2.05, 4.69) is 5.32 Å². The topological polar surface area (TPSA) is 152 Å². The summed E-state index contributed by atoms with van der Waals surface area (Å²) in [5, 5.41) is 2.39. The summed E-state index contributed by atoms with van der Waals surface area (Å²) in [7, 11) is 0. The highest BCUT2D eigenvalue weighted by Gasteiger charge is 2.24. The third-order valence-corrected chi connectivity index (χ3v) is 3.39. The lowest BCUT2D eigenvalue weighted by atomic mass is 10.0. The molecular weight excluding hydrogens is 412 g/mol. The van der Waals surface area contributed by atoms with E-state index in [0.717, 1.165) is 0 Å². The van der Waals surface area contributed by atoms with Crippen LogP contribution in [0.5, 0.6) is 11.5 Å². The minimum atomic E-state index is -1.11. The molecule has 0 aliphatic carbocycles. The van der Waals surface area contributed by atoms with Gasteiger partial charge >= 0.3 is 18.4 Å². The minimum absolute atomic E-state index is 0.0482. The molecule has 0 saturated heterocycles. The molecule has 1 atom stereocenters. The van der Waals surface area contributed by atoms with Gasteiger partial charge in [-0.15, -0.1) is 0 Å². The second-order valence-corrected chi connectivity index (χ2v) is 7.16. The molecule has 2 amide bonds. The SMILES string of the molecule is CCOC(=O)Oc1ccc(CC(NC(=O)OC(C)(C)C)C(N)=O)cc1OC(=O)OCC. The maximum atomic E-state index is 12.0. The molecule has 1 aromatic rings. The highest BCUT2D eigenvalue weighted by atomic mass is 16.7. The molecule has 31 heavy (non-hydrogen) atoms. The lowest BCUT2D eigenvalue weighted by molar-refractivity contribution is -0.120. The number of nitrogens with one attached hydrogen (secondary N) is 1. The smallest absolute Gasteiger partial charge is 0.444 e. The molecule has 0 saturated carbocycles. The maximum absolute atomic E-state index is 12.0. The summed E-state index contributed by atoms with van der Waals surface area (Å²) in [6.07, 6.45) is -2.88. The van der Waals surface area contributed by atoms with Gasteiger partial charge in [-0.25, -0.2) is 14.4 Å². The van der Waals surface area contributed by atoms with Gasteiger partial charge in [-0.05, 0) is 52.3 Å². The number of nitrogens with two attached hydrogens (primary N) is 1. The second kappa shape index (κ2) is 11.6. The number of ether oxygens (including phenoxy) is 5. The zero-order valence-electron chi connectivity index (χ0n) is 18.2. The number of amides is 2. The first-order valence-electron chi connectivity index (χ1n) is 9.56. The zero-order valence-corrected chi connectivity index (χ0v) is 18.2. The van der Waals surface area contributed by atoms with Crippen LogP contribution in [0.2, 0.25) is 0 Å². The Morgan fingerprint density at radius 2 is 1.52 bits per heavy atom. The Morgan fingerprint density at radius 3 is 2.00 bits per heavy atom. The normalized spacial score (nSPS) is 11.6. The van der Waals surface area contributed by atoms with E-state index in [1.165, 1.54) is 18.2 Å². The van der Waals surface area contributed by atoms with Gasteiger partial charge in [-0.2, -0.15) is 0 Å². The van der Waals surface area contributed by atoms with E-state index in [-0.39, 0.29) is 31.1 Å². The highest BCUT2D eigenvalue weighted by Crippen LogP contribution is 2.30. The first kappa shape index (κ1) is 25.5. The van der Waals surface area contributed by atoms with Crippen LogP contribution in [0, 0.1) is 0 Å². The van der Waals surface area contributed by atoms with Crippen LogP contribution in [0.25, 0.3) is 0 Å². The fourth-order valence-electron chi connectivity index (χ4n) is 2.23. The molecule has 1 rings (SSSR count). The Kier molecular flexibility index (Phi) is 9.58. The van der Waals surface area contributed by atoms with Crippen molar-refractivity contribution in [1.29, 1.82) is 0 Å². The Labute approximate surface area is 180 Å². The van der Waals surface area contributed by atoms with Crippen molar-refractivity contribution in [3.8, 4) is 11.5 Å². The molecule has 11 nitrogen and oxygen atoms in total. The number of carbonyl (C=O) groups is 4. The zero-order chi connectivity index (χ0) is 23.6. The molecule has 0 bridgehead atoms. The number of hydrogen-bond donors (Lipinski definition) is 2. The van der Waals surface area contributed by atoms with Gasteiger partial charge in [-0.3, -0.25) is 4.79 Å². The van der Waals surface area contributed by atoms with Gasteiger partial charge in [0.25, 0.3) is 0 Å². The summed E-state index contributed by atoms with van der Waals surface area (Å²) in [6.45, 7) is 8.36. The summed E-state index contributed by atoms with van der Waals surface area (Å²) in [5.74, 6) is -1.05. The van der Waals surface area contributed by atoms with E-state index < -0.39 is 36.0 Å². The van der Waals surface area contributed by atoms with E-state index >= 15 is 0 Å². The maximum Gasteiger partial charge on any atom is 0.513 e. The first-order valence-corrected chi connectivity index (χ1v) is 9.56. The number of rotatable bonds is 8. The van der Waals surface area contributed by atoms with E-state index in [1.54, 1.807) is 34.6 Å². The van der Waals surface area contributed by atoms with Gasteiger partial charge < -0.3 is 34.7 Å². The molecule has 0 aliphatic rings. The highest BCUT2D eigenvalue weighted by molar-refractivity contribution is 5.84. The van der Waals surface area contributed by atoms with Crippen molar-refractivity contribution >= 4 is 24.3 Å². The van der Waals surface area contributed by atoms with Crippen LogP contribution in [-0.2, 0) is 25.4 Å². The van der Waals surface area contributed by atoms with Crippen molar-refractivity contribution in [2.24, 2.45) is 5.73 Å². The monoisotopic (exact) mass is 440 g/mol. The van der Waals surface area contributed by atoms with Crippen LogP contribution in [0.4, 0.5) is 14.4 Å². The molecule has 0 aliphatic heterocycles. The van der Waals surface area contributed by atoms with Crippen LogP contribution >= 0.6 is 0 Å². The third-order valence-electron chi connectivity index (χ3n) is 3.39. The third kappa shape index (κ3) is 9.70. The molecule has 0 radical (unpaired) electrons. The molecule has 0 heterocycles. The van der Waals surface area contributed by atoms with E-state index in [9.17, 15) is 19.2 Å². The van der Waals surface area contributed by atoms with Gasteiger partial charge in [0, 0.05) is 6.42 Å². The number of alkyl carbamates (subject to hydrolysis) is 1. The number of carbonyl (C=O) groups excluding carboxylic acids is 4. The van der Waals surface area contributed by atoms with Gasteiger partial charge in [0.2, 0.25) is 5.91 Å². The van der Waals surface area contributed by atoms with Crippen LogP contribution < -0.4 is 20.5 Å². The Bertz CT molecular complexity index is 802. The van der Waals surface area contributed by atoms with Crippen molar-refractivity contribution < 1.29 is 42.9 Å². The van der Waals surface area contributed by atoms with Crippen LogP contribution in [-0.4, -0.2) is 49.2 Å². The molecule has 1 aromatic carbocycles. The minimum Gasteiger partial charge on any atom is -0.444 e. The largest absolute Gasteiger partial charge is 0.513 e. The van der Waals surface area contributed by atoms with Crippen molar-refractivity contribution in [1.82, 2.24) is 5.32 Å². The first-order chi connectivity index (χ1) is 14.4. The van der Waals surface area contributed by atoms with Crippen LogP contribution in [0.1, 0.15) is 40.2 Å². The summed E-state index contributed by atoms with van der Waals surface area (Å²) in [6, 6.07) is 3.08. The Balaban J connectivity index is 3.08. The summed E-state index contributed by atoms with van der Waals surface area (Å²) in [4.78, 5) is 47.1. The molecule has 1 unspecified atom stereocenters. The molecule has 3 N–H and O–H groups in total. The average molecular weight is 440 g/mol. The van der Waals surface area contributed by atoms with Crippen LogP contribution in [0.15, 0.2) is 18.2 Å². The van der Waals surface area contributed by atoms with Gasteiger partial charge in [0.05, 0.1) is 13.2 Å². The van der Waals surface area contributed by atoms with E-state index in [0.29, 0.717) is 5.56 Å². The molecule has 0 spiro atoms. The molecule has 172 valence electrons. The molecule has 0 fully saturated rings. The molecular formula is C20H28N2O9. The predicted molar refractivity (Wildman–Crippen MR) is 108 cm³/mol. The predicted octanol–water partition coefficient (Wildman–Crippen LogP) is 2.68. The average Bonchev–Trinajstić information content (AvgIpc) is 2.62. The Hall–Kier alpha value is -3.50. The van der Waals surface area contributed by atoms with E-state index in [1.807, 2.05) is 0 Å². The second-order valence-electron chi connectivity index (χ2n) is 7.16. The van der Waals surface area contributed by atoms with Gasteiger partial charge in [0.15, 0.2) is 11.5 Å². The van der Waals surface area contributed by atoms with Crippen molar-refractivity contribution in [2.45, 2.75) is 52.7 Å². The number of primary amides is 1. The van der Waals surface area contributed by atoms with E-state index in [4.69, 9.17) is 29.4 Å². The summed E-state index contributed by atoms with van der Waals surface area (Å²) < 4.78 is 24.7. The standard InChI is InChI=1S/C20H28N2O9/c1-6-27-18(25)29-14-9-8-12(11-15(14)30-19(26)28-7-2)10-13(16(21)23)22-17(24)31-20(3,4)5/h8-9,11,13H,6-7,10H2,1-5H3,(H2,21,23)(H,22,24). The fraction of sp³-hybridized carbons (Fsp3) is 0.500. The summed E-state index contributed by atoms with van der Waals surface area (Å²) in [5.41, 5.74) is 5.06.